The molecule has 2 nitrogen and oxygen atoms in total. The summed E-state index contributed by atoms with van der Waals surface area (Å²) in [5.41, 5.74) is 1.41. The normalized spacial score (nSPS) is 10.7. The standard InChI is InChI=1S/C14H18ClFN2/c1-11-9-13(15)12(10-14(11)16)5-8-18(2)7-4-3-6-17/h9-10H,3-5,7-8H2,1-2H3. The van der Waals surface area contributed by atoms with Gasteiger partial charge < -0.3 is 4.90 Å². The largest absolute Gasteiger partial charge is 0.306 e. The molecule has 1 rings (SSSR count). The van der Waals surface area contributed by atoms with Crippen molar-refractivity contribution in [1.29, 1.82) is 5.26 Å². The summed E-state index contributed by atoms with van der Waals surface area (Å²) in [5.74, 6) is -0.207. The number of hydrogen-bond donors (Lipinski definition) is 0. The van der Waals surface area contributed by atoms with Crippen LogP contribution in [0.15, 0.2) is 12.1 Å². The van der Waals surface area contributed by atoms with Crippen LogP contribution in [-0.4, -0.2) is 25.0 Å². The van der Waals surface area contributed by atoms with Crippen LogP contribution in [0.4, 0.5) is 4.39 Å². The Morgan fingerprint density at radius 3 is 2.78 bits per heavy atom. The highest BCUT2D eigenvalue weighted by Crippen LogP contribution is 2.21. The van der Waals surface area contributed by atoms with E-state index in [1.807, 2.05) is 7.05 Å². The van der Waals surface area contributed by atoms with Gasteiger partial charge in [-0.3, -0.25) is 0 Å². The van der Waals surface area contributed by atoms with Gasteiger partial charge in [-0.25, -0.2) is 4.39 Å². The van der Waals surface area contributed by atoms with Gasteiger partial charge >= 0.3 is 0 Å². The van der Waals surface area contributed by atoms with Crippen LogP contribution in [0.2, 0.25) is 5.02 Å². The highest BCUT2D eigenvalue weighted by atomic mass is 35.5. The molecular weight excluding hydrogens is 251 g/mol. The molecule has 0 unspecified atom stereocenters. The first kappa shape index (κ1) is 14.9. The van der Waals surface area contributed by atoms with Crippen molar-refractivity contribution in [3.63, 3.8) is 0 Å². The van der Waals surface area contributed by atoms with Crippen LogP contribution in [-0.2, 0) is 6.42 Å². The molecule has 18 heavy (non-hydrogen) atoms. The molecule has 0 atom stereocenters. The smallest absolute Gasteiger partial charge is 0.126 e. The fourth-order valence-corrected chi connectivity index (χ4v) is 2.04. The Hall–Kier alpha value is -1.11. The molecule has 0 spiro atoms. The maximum Gasteiger partial charge on any atom is 0.126 e. The number of nitriles is 1. The van der Waals surface area contributed by atoms with Crippen molar-refractivity contribution in [3.8, 4) is 6.07 Å². The van der Waals surface area contributed by atoms with E-state index >= 15 is 0 Å². The number of benzene rings is 1. The average Bonchev–Trinajstić information content (AvgIpc) is 2.32. The highest BCUT2D eigenvalue weighted by molar-refractivity contribution is 6.31. The van der Waals surface area contributed by atoms with Crippen LogP contribution in [0.25, 0.3) is 0 Å². The highest BCUT2D eigenvalue weighted by Gasteiger charge is 2.07. The summed E-state index contributed by atoms with van der Waals surface area (Å²) in [6.45, 7) is 3.40. The first-order chi connectivity index (χ1) is 8.54. The molecule has 0 radical (unpaired) electrons. The van der Waals surface area contributed by atoms with Gasteiger partial charge in [0.1, 0.15) is 5.82 Å². The number of hydrogen-bond acceptors (Lipinski definition) is 2. The van der Waals surface area contributed by atoms with Gasteiger partial charge in [-0.05, 0) is 56.6 Å². The summed E-state index contributed by atoms with van der Waals surface area (Å²) in [6.07, 6.45) is 2.16. The topological polar surface area (TPSA) is 27.0 Å². The molecule has 0 fully saturated rings. The van der Waals surface area contributed by atoms with Gasteiger partial charge in [0, 0.05) is 18.0 Å². The van der Waals surface area contributed by atoms with E-state index in [1.165, 1.54) is 6.07 Å². The molecular formula is C14H18ClFN2. The second-order valence-corrected chi connectivity index (χ2v) is 4.91. The van der Waals surface area contributed by atoms with Crippen LogP contribution < -0.4 is 0 Å². The van der Waals surface area contributed by atoms with E-state index in [1.54, 1.807) is 13.0 Å². The Labute approximate surface area is 113 Å². The van der Waals surface area contributed by atoms with Crippen LogP contribution in [0.1, 0.15) is 24.0 Å². The van der Waals surface area contributed by atoms with Crippen molar-refractivity contribution < 1.29 is 4.39 Å². The van der Waals surface area contributed by atoms with E-state index in [0.717, 1.165) is 31.5 Å². The van der Waals surface area contributed by atoms with Crippen LogP contribution in [0.5, 0.6) is 0 Å². The summed E-state index contributed by atoms with van der Waals surface area (Å²) >= 11 is 6.08. The fourth-order valence-electron chi connectivity index (χ4n) is 1.73. The number of aryl methyl sites for hydroxylation is 1. The Bertz CT molecular complexity index is 440. The summed E-state index contributed by atoms with van der Waals surface area (Å²) in [7, 11) is 2.00. The molecule has 98 valence electrons. The van der Waals surface area contributed by atoms with Gasteiger partial charge in [0.15, 0.2) is 0 Å². The van der Waals surface area contributed by atoms with E-state index in [4.69, 9.17) is 16.9 Å². The van der Waals surface area contributed by atoms with Crippen molar-refractivity contribution in [3.05, 3.63) is 34.1 Å². The monoisotopic (exact) mass is 268 g/mol. The lowest BCUT2D eigenvalue weighted by Crippen LogP contribution is -2.22. The molecule has 1 aromatic rings. The lowest BCUT2D eigenvalue weighted by atomic mass is 10.1. The molecule has 0 heterocycles. The Morgan fingerprint density at radius 1 is 1.39 bits per heavy atom. The first-order valence-corrected chi connectivity index (χ1v) is 6.42. The predicted octanol–water partition coefficient (Wildman–Crippen LogP) is 3.57. The third-order valence-electron chi connectivity index (χ3n) is 2.92. The Balaban J connectivity index is 2.48. The van der Waals surface area contributed by atoms with E-state index in [9.17, 15) is 4.39 Å². The minimum Gasteiger partial charge on any atom is -0.306 e. The zero-order valence-electron chi connectivity index (χ0n) is 10.8. The maximum atomic E-state index is 13.4. The van der Waals surface area contributed by atoms with E-state index < -0.39 is 0 Å². The van der Waals surface area contributed by atoms with Crippen molar-refractivity contribution in [2.45, 2.75) is 26.2 Å². The van der Waals surface area contributed by atoms with Crippen molar-refractivity contribution >= 4 is 11.6 Å². The second kappa shape index (κ2) is 7.35. The third-order valence-corrected chi connectivity index (χ3v) is 3.27. The molecule has 0 aliphatic heterocycles. The lowest BCUT2D eigenvalue weighted by molar-refractivity contribution is 0.335. The van der Waals surface area contributed by atoms with Crippen molar-refractivity contribution in [1.82, 2.24) is 4.90 Å². The lowest BCUT2D eigenvalue weighted by Gasteiger charge is -2.16. The quantitative estimate of drug-likeness (QED) is 0.738. The Morgan fingerprint density at radius 2 is 2.11 bits per heavy atom. The van der Waals surface area contributed by atoms with E-state index in [0.29, 0.717) is 17.0 Å². The molecule has 0 amide bonds. The molecule has 0 aliphatic carbocycles. The van der Waals surface area contributed by atoms with Crippen LogP contribution >= 0.6 is 11.6 Å². The average molecular weight is 269 g/mol. The molecule has 0 saturated carbocycles. The molecule has 0 bridgehead atoms. The van der Waals surface area contributed by atoms with Crippen LogP contribution in [0, 0.1) is 24.1 Å². The minimum absolute atomic E-state index is 0.207. The molecule has 0 N–H and O–H groups in total. The number of halogens is 2. The summed E-state index contributed by atoms with van der Waals surface area (Å²) in [4.78, 5) is 2.13. The minimum atomic E-state index is -0.207. The Kier molecular flexibility index (Phi) is 6.11. The fraction of sp³-hybridized carbons (Fsp3) is 0.500. The van der Waals surface area contributed by atoms with Gasteiger partial charge in [0.2, 0.25) is 0 Å². The summed E-state index contributed by atoms with van der Waals surface area (Å²) < 4.78 is 13.4. The molecule has 0 aromatic heterocycles. The SMILES string of the molecule is Cc1cc(Cl)c(CCN(C)CCCC#N)cc1F. The van der Waals surface area contributed by atoms with E-state index in [2.05, 4.69) is 11.0 Å². The number of rotatable bonds is 6. The number of nitrogens with zero attached hydrogens (tertiary/aromatic N) is 2. The summed E-state index contributed by atoms with van der Waals surface area (Å²) in [6, 6.07) is 5.31. The first-order valence-electron chi connectivity index (χ1n) is 6.04. The second-order valence-electron chi connectivity index (χ2n) is 4.51. The number of unbranched alkanes of at least 4 members (excludes halogenated alkanes) is 1. The zero-order chi connectivity index (χ0) is 13.5. The predicted molar refractivity (Wildman–Crippen MR) is 72.2 cm³/mol. The van der Waals surface area contributed by atoms with E-state index in [-0.39, 0.29) is 5.82 Å². The van der Waals surface area contributed by atoms with Gasteiger partial charge in [0.25, 0.3) is 0 Å². The van der Waals surface area contributed by atoms with Gasteiger partial charge in [0.05, 0.1) is 6.07 Å². The van der Waals surface area contributed by atoms with Gasteiger partial charge in [-0.2, -0.15) is 5.26 Å². The molecule has 0 aliphatic rings. The zero-order valence-corrected chi connectivity index (χ0v) is 11.6. The molecule has 1 aromatic carbocycles. The summed E-state index contributed by atoms with van der Waals surface area (Å²) in [5, 5.41) is 9.08. The maximum absolute atomic E-state index is 13.4. The molecule has 0 saturated heterocycles. The van der Waals surface area contributed by atoms with Gasteiger partial charge in [-0.15, -0.1) is 0 Å². The third kappa shape index (κ3) is 4.64. The number of likely N-dealkylation sites (N-methyl/N-ethyl adjacent to an activating group) is 1. The van der Waals surface area contributed by atoms with Crippen molar-refractivity contribution in [2.75, 3.05) is 20.1 Å². The van der Waals surface area contributed by atoms with Gasteiger partial charge in [-0.1, -0.05) is 11.6 Å². The van der Waals surface area contributed by atoms with Crippen LogP contribution in [0.3, 0.4) is 0 Å². The van der Waals surface area contributed by atoms with Crippen molar-refractivity contribution in [2.24, 2.45) is 0 Å². The molecule has 4 heteroatoms.